The van der Waals surface area contributed by atoms with Gasteiger partial charge in [0, 0.05) is 6.54 Å². The Morgan fingerprint density at radius 3 is 2.69 bits per heavy atom. The van der Waals surface area contributed by atoms with Gasteiger partial charge < -0.3 is 0 Å². The van der Waals surface area contributed by atoms with Gasteiger partial charge in [0.15, 0.2) is 0 Å². The summed E-state index contributed by atoms with van der Waals surface area (Å²) in [5.74, 6) is 1.68. The Morgan fingerprint density at radius 2 is 2.08 bits per heavy atom. The van der Waals surface area contributed by atoms with Crippen LogP contribution in [0.4, 0.5) is 0 Å². The summed E-state index contributed by atoms with van der Waals surface area (Å²) in [6, 6.07) is 2.20. The van der Waals surface area contributed by atoms with Crippen molar-refractivity contribution in [3.05, 3.63) is 0 Å². The molecule has 1 saturated carbocycles. The van der Waals surface area contributed by atoms with Gasteiger partial charge in [-0.05, 0) is 25.3 Å². The summed E-state index contributed by atoms with van der Waals surface area (Å²) in [6.45, 7) is 4.03. The van der Waals surface area contributed by atoms with E-state index in [2.05, 4.69) is 17.9 Å². The molecular weight excluding hydrogens is 160 g/mol. The SMILES string of the molecule is CC1CCCCC1CN(C)CC#N. The van der Waals surface area contributed by atoms with Gasteiger partial charge in [-0.2, -0.15) is 5.26 Å². The number of nitriles is 1. The largest absolute Gasteiger partial charge is 0.293 e. The van der Waals surface area contributed by atoms with Crippen molar-refractivity contribution in [3.63, 3.8) is 0 Å². The minimum Gasteiger partial charge on any atom is -0.293 e. The third-order valence-corrected chi connectivity index (χ3v) is 3.18. The lowest BCUT2D eigenvalue weighted by molar-refractivity contribution is 0.191. The van der Waals surface area contributed by atoms with Crippen molar-refractivity contribution in [2.24, 2.45) is 11.8 Å². The van der Waals surface area contributed by atoms with Crippen LogP contribution in [0.2, 0.25) is 0 Å². The Balaban J connectivity index is 2.30. The van der Waals surface area contributed by atoms with E-state index in [-0.39, 0.29) is 0 Å². The minimum absolute atomic E-state index is 0.573. The Kier molecular flexibility index (Phi) is 4.24. The molecule has 0 radical (unpaired) electrons. The van der Waals surface area contributed by atoms with Crippen molar-refractivity contribution in [2.75, 3.05) is 20.1 Å². The van der Waals surface area contributed by atoms with E-state index in [9.17, 15) is 0 Å². The summed E-state index contributed by atoms with van der Waals surface area (Å²) in [4.78, 5) is 2.15. The second kappa shape index (κ2) is 5.24. The Hall–Kier alpha value is -0.550. The Bertz CT molecular complexity index is 183. The van der Waals surface area contributed by atoms with Crippen molar-refractivity contribution in [1.82, 2.24) is 4.90 Å². The molecule has 2 nitrogen and oxygen atoms in total. The molecular formula is C11H20N2. The number of rotatable bonds is 3. The van der Waals surface area contributed by atoms with Crippen LogP contribution >= 0.6 is 0 Å². The summed E-state index contributed by atoms with van der Waals surface area (Å²) >= 11 is 0. The molecule has 0 aromatic heterocycles. The van der Waals surface area contributed by atoms with Crippen LogP contribution < -0.4 is 0 Å². The van der Waals surface area contributed by atoms with E-state index in [1.807, 2.05) is 7.05 Å². The number of nitrogens with zero attached hydrogens (tertiary/aromatic N) is 2. The molecule has 0 aromatic carbocycles. The van der Waals surface area contributed by atoms with Crippen LogP contribution in [0.15, 0.2) is 0 Å². The highest BCUT2D eigenvalue weighted by Gasteiger charge is 2.21. The standard InChI is InChI=1S/C11H20N2/c1-10-5-3-4-6-11(10)9-13(2)8-7-12/h10-11H,3-6,8-9H2,1-2H3. The predicted molar refractivity (Wildman–Crippen MR) is 54.2 cm³/mol. The van der Waals surface area contributed by atoms with Crippen LogP contribution in [0.5, 0.6) is 0 Å². The average Bonchev–Trinajstić information content (AvgIpc) is 2.09. The monoisotopic (exact) mass is 180 g/mol. The topological polar surface area (TPSA) is 27.0 Å². The fourth-order valence-electron chi connectivity index (χ4n) is 2.25. The lowest BCUT2D eigenvalue weighted by Crippen LogP contribution is -2.31. The zero-order valence-electron chi connectivity index (χ0n) is 8.79. The summed E-state index contributed by atoms with van der Waals surface area (Å²) < 4.78 is 0. The third-order valence-electron chi connectivity index (χ3n) is 3.18. The molecule has 0 saturated heterocycles. The van der Waals surface area contributed by atoms with Gasteiger partial charge in [-0.25, -0.2) is 0 Å². The quantitative estimate of drug-likeness (QED) is 0.623. The summed E-state index contributed by atoms with van der Waals surface area (Å²) in [7, 11) is 2.05. The molecule has 1 rings (SSSR count). The van der Waals surface area contributed by atoms with Crippen LogP contribution in [0.25, 0.3) is 0 Å². The van der Waals surface area contributed by atoms with E-state index in [4.69, 9.17) is 5.26 Å². The zero-order chi connectivity index (χ0) is 9.68. The maximum atomic E-state index is 8.54. The van der Waals surface area contributed by atoms with E-state index >= 15 is 0 Å². The lowest BCUT2D eigenvalue weighted by atomic mass is 9.80. The van der Waals surface area contributed by atoms with E-state index < -0.39 is 0 Å². The van der Waals surface area contributed by atoms with Gasteiger partial charge in [-0.3, -0.25) is 4.90 Å². The van der Waals surface area contributed by atoms with Crippen LogP contribution in [-0.4, -0.2) is 25.0 Å². The number of hydrogen-bond donors (Lipinski definition) is 0. The molecule has 1 fully saturated rings. The van der Waals surface area contributed by atoms with Gasteiger partial charge in [0.1, 0.15) is 0 Å². The molecule has 0 aromatic rings. The van der Waals surface area contributed by atoms with Crippen molar-refractivity contribution in [3.8, 4) is 6.07 Å². The van der Waals surface area contributed by atoms with E-state index in [1.165, 1.54) is 25.7 Å². The maximum absolute atomic E-state index is 8.54. The first-order chi connectivity index (χ1) is 6.24. The van der Waals surface area contributed by atoms with Gasteiger partial charge in [0.05, 0.1) is 12.6 Å². The summed E-state index contributed by atoms with van der Waals surface area (Å²) in [5.41, 5.74) is 0. The molecule has 0 aliphatic heterocycles. The van der Waals surface area contributed by atoms with Crippen LogP contribution in [0.3, 0.4) is 0 Å². The Labute approximate surface area is 81.5 Å². The number of hydrogen-bond acceptors (Lipinski definition) is 2. The van der Waals surface area contributed by atoms with Crippen LogP contribution in [-0.2, 0) is 0 Å². The highest BCUT2D eigenvalue weighted by molar-refractivity contribution is 4.79. The second-order valence-electron chi connectivity index (χ2n) is 4.38. The molecule has 0 N–H and O–H groups in total. The second-order valence-corrected chi connectivity index (χ2v) is 4.38. The Morgan fingerprint density at radius 1 is 1.38 bits per heavy atom. The van der Waals surface area contributed by atoms with Gasteiger partial charge in [0.2, 0.25) is 0 Å². The molecule has 0 amide bonds. The lowest BCUT2D eigenvalue weighted by Gasteiger charge is -2.31. The van der Waals surface area contributed by atoms with E-state index in [1.54, 1.807) is 0 Å². The van der Waals surface area contributed by atoms with Crippen LogP contribution in [0, 0.1) is 23.2 Å². The van der Waals surface area contributed by atoms with Gasteiger partial charge in [-0.15, -0.1) is 0 Å². The van der Waals surface area contributed by atoms with Crippen molar-refractivity contribution in [2.45, 2.75) is 32.6 Å². The highest BCUT2D eigenvalue weighted by Crippen LogP contribution is 2.29. The molecule has 0 heterocycles. The molecule has 2 heteroatoms. The van der Waals surface area contributed by atoms with Gasteiger partial charge >= 0.3 is 0 Å². The molecule has 0 spiro atoms. The van der Waals surface area contributed by atoms with Crippen molar-refractivity contribution in [1.29, 1.82) is 5.26 Å². The van der Waals surface area contributed by atoms with Gasteiger partial charge in [-0.1, -0.05) is 26.2 Å². The molecule has 13 heavy (non-hydrogen) atoms. The molecule has 2 unspecified atom stereocenters. The van der Waals surface area contributed by atoms with E-state index in [0.29, 0.717) is 6.54 Å². The third kappa shape index (κ3) is 3.36. The van der Waals surface area contributed by atoms with Gasteiger partial charge in [0.25, 0.3) is 0 Å². The first-order valence-electron chi connectivity index (χ1n) is 5.29. The molecule has 1 aliphatic rings. The smallest absolute Gasteiger partial charge is 0.0863 e. The summed E-state index contributed by atoms with van der Waals surface area (Å²) in [5, 5.41) is 8.54. The van der Waals surface area contributed by atoms with Crippen molar-refractivity contribution >= 4 is 0 Å². The maximum Gasteiger partial charge on any atom is 0.0863 e. The normalized spacial score (nSPS) is 28.8. The molecule has 1 aliphatic carbocycles. The predicted octanol–water partition coefficient (Wildman–Crippen LogP) is 2.27. The first-order valence-corrected chi connectivity index (χ1v) is 5.29. The fraction of sp³-hybridized carbons (Fsp3) is 0.909. The first kappa shape index (κ1) is 10.5. The minimum atomic E-state index is 0.573. The molecule has 0 bridgehead atoms. The highest BCUT2D eigenvalue weighted by atomic mass is 15.1. The molecule has 2 atom stereocenters. The fourth-order valence-corrected chi connectivity index (χ4v) is 2.25. The van der Waals surface area contributed by atoms with Crippen LogP contribution in [0.1, 0.15) is 32.6 Å². The average molecular weight is 180 g/mol. The van der Waals surface area contributed by atoms with E-state index in [0.717, 1.165) is 18.4 Å². The molecule has 74 valence electrons. The zero-order valence-corrected chi connectivity index (χ0v) is 8.79. The summed E-state index contributed by atoms with van der Waals surface area (Å²) in [6.07, 6.45) is 5.52. The van der Waals surface area contributed by atoms with Crippen molar-refractivity contribution < 1.29 is 0 Å².